The molecule has 2 aromatic heterocycles. The van der Waals surface area contributed by atoms with Crippen molar-refractivity contribution in [1.82, 2.24) is 20.2 Å². The molecule has 0 unspecified atom stereocenters. The number of likely N-dealkylation sites (tertiary alicyclic amines) is 1. The SMILES string of the molecule is CNC(=O)c1cc(Oc2ccc3nc(NC4CCN(Cc5ccccc5)CC4)oc3c2)ccn1. The van der Waals surface area contributed by atoms with Crippen LogP contribution >= 0.6 is 0 Å². The Hall–Kier alpha value is -3.91. The van der Waals surface area contributed by atoms with Crippen molar-refractivity contribution in [3.63, 3.8) is 0 Å². The zero-order chi connectivity index (χ0) is 23.3. The summed E-state index contributed by atoms with van der Waals surface area (Å²) in [4.78, 5) is 22.9. The summed E-state index contributed by atoms with van der Waals surface area (Å²) in [6.45, 7) is 3.06. The Kier molecular flexibility index (Phi) is 6.40. The number of carbonyl (C=O) groups excluding carboxylic acids is 1. The van der Waals surface area contributed by atoms with Crippen molar-refractivity contribution < 1.29 is 13.9 Å². The highest BCUT2D eigenvalue weighted by Crippen LogP contribution is 2.28. The summed E-state index contributed by atoms with van der Waals surface area (Å²) in [5, 5.41) is 6.01. The van der Waals surface area contributed by atoms with Gasteiger partial charge in [0.25, 0.3) is 11.9 Å². The molecule has 1 saturated heterocycles. The first kappa shape index (κ1) is 21.9. The molecular formula is C26H27N5O3. The number of hydrogen-bond acceptors (Lipinski definition) is 7. The number of piperidine rings is 1. The second-order valence-electron chi connectivity index (χ2n) is 8.39. The number of ether oxygens (including phenoxy) is 1. The topological polar surface area (TPSA) is 92.5 Å². The number of aromatic nitrogens is 2. The zero-order valence-electron chi connectivity index (χ0n) is 19.0. The minimum Gasteiger partial charge on any atom is -0.457 e. The summed E-state index contributed by atoms with van der Waals surface area (Å²) < 4.78 is 11.9. The van der Waals surface area contributed by atoms with Crippen LogP contribution in [0.15, 0.2) is 71.3 Å². The largest absolute Gasteiger partial charge is 0.457 e. The number of hydrogen-bond donors (Lipinski definition) is 2. The molecule has 34 heavy (non-hydrogen) atoms. The molecule has 0 saturated carbocycles. The van der Waals surface area contributed by atoms with Gasteiger partial charge in [0.1, 0.15) is 22.7 Å². The van der Waals surface area contributed by atoms with Crippen molar-refractivity contribution in [3.8, 4) is 11.5 Å². The van der Waals surface area contributed by atoms with E-state index in [1.54, 1.807) is 31.4 Å². The Morgan fingerprint density at radius 3 is 2.68 bits per heavy atom. The minimum atomic E-state index is -0.266. The van der Waals surface area contributed by atoms with Gasteiger partial charge in [-0.25, -0.2) is 0 Å². The summed E-state index contributed by atoms with van der Waals surface area (Å²) in [6, 6.07) is 20.2. The molecule has 0 radical (unpaired) electrons. The molecule has 0 aliphatic carbocycles. The first-order chi connectivity index (χ1) is 16.7. The van der Waals surface area contributed by atoms with E-state index in [-0.39, 0.29) is 5.91 Å². The number of oxazole rings is 1. The van der Waals surface area contributed by atoms with E-state index in [0.29, 0.717) is 34.8 Å². The fourth-order valence-corrected chi connectivity index (χ4v) is 4.14. The molecule has 174 valence electrons. The van der Waals surface area contributed by atoms with Gasteiger partial charge in [0, 0.05) is 51.1 Å². The zero-order valence-corrected chi connectivity index (χ0v) is 19.0. The molecule has 8 heteroatoms. The lowest BCUT2D eigenvalue weighted by Crippen LogP contribution is -2.38. The maximum atomic E-state index is 11.8. The number of carbonyl (C=O) groups is 1. The van der Waals surface area contributed by atoms with Crippen LogP contribution in [-0.4, -0.2) is 47.0 Å². The minimum absolute atomic E-state index is 0.266. The van der Waals surface area contributed by atoms with E-state index in [2.05, 4.69) is 55.8 Å². The third kappa shape index (κ3) is 5.18. The Bertz CT molecular complexity index is 1270. The molecule has 4 aromatic rings. The Morgan fingerprint density at radius 2 is 1.88 bits per heavy atom. The molecule has 5 rings (SSSR count). The molecule has 0 spiro atoms. The van der Waals surface area contributed by atoms with Gasteiger partial charge < -0.3 is 19.8 Å². The average Bonchev–Trinajstić information content (AvgIpc) is 3.27. The summed E-state index contributed by atoms with van der Waals surface area (Å²) in [6.07, 6.45) is 3.62. The number of fused-ring (bicyclic) bond motifs is 1. The third-order valence-corrected chi connectivity index (χ3v) is 5.95. The summed E-state index contributed by atoms with van der Waals surface area (Å²) in [5.41, 5.74) is 3.05. The predicted octanol–water partition coefficient (Wildman–Crippen LogP) is 4.45. The number of pyridine rings is 1. The molecule has 3 heterocycles. The maximum Gasteiger partial charge on any atom is 0.295 e. The van der Waals surface area contributed by atoms with Crippen molar-refractivity contribution >= 4 is 23.0 Å². The lowest BCUT2D eigenvalue weighted by Gasteiger charge is -2.32. The van der Waals surface area contributed by atoms with E-state index < -0.39 is 0 Å². The van der Waals surface area contributed by atoms with Crippen LogP contribution in [0.25, 0.3) is 11.1 Å². The summed E-state index contributed by atoms with van der Waals surface area (Å²) >= 11 is 0. The normalized spacial score (nSPS) is 14.7. The second kappa shape index (κ2) is 9.93. The number of nitrogens with zero attached hydrogens (tertiary/aromatic N) is 3. The highest BCUT2D eigenvalue weighted by molar-refractivity contribution is 5.92. The van der Waals surface area contributed by atoms with Gasteiger partial charge in [-0.3, -0.25) is 14.7 Å². The maximum absolute atomic E-state index is 11.8. The van der Waals surface area contributed by atoms with Gasteiger partial charge in [-0.1, -0.05) is 30.3 Å². The van der Waals surface area contributed by atoms with Gasteiger partial charge in [-0.05, 0) is 36.6 Å². The van der Waals surface area contributed by atoms with E-state index in [0.717, 1.165) is 38.0 Å². The lowest BCUT2D eigenvalue weighted by atomic mass is 10.0. The van der Waals surface area contributed by atoms with Crippen LogP contribution in [0.1, 0.15) is 28.9 Å². The van der Waals surface area contributed by atoms with Crippen LogP contribution in [-0.2, 0) is 6.54 Å². The summed E-state index contributed by atoms with van der Waals surface area (Å²) in [7, 11) is 1.56. The third-order valence-electron chi connectivity index (χ3n) is 5.95. The van der Waals surface area contributed by atoms with Gasteiger partial charge in [-0.2, -0.15) is 4.98 Å². The van der Waals surface area contributed by atoms with Gasteiger partial charge in [0.2, 0.25) is 0 Å². The molecule has 2 N–H and O–H groups in total. The monoisotopic (exact) mass is 457 g/mol. The Morgan fingerprint density at radius 1 is 1.09 bits per heavy atom. The molecule has 1 fully saturated rings. The number of rotatable bonds is 7. The van der Waals surface area contributed by atoms with Crippen LogP contribution in [0, 0.1) is 0 Å². The highest BCUT2D eigenvalue weighted by atomic mass is 16.5. The van der Waals surface area contributed by atoms with Crippen LogP contribution in [0.2, 0.25) is 0 Å². The lowest BCUT2D eigenvalue weighted by molar-refractivity contribution is 0.0958. The predicted molar refractivity (Wildman–Crippen MR) is 130 cm³/mol. The first-order valence-corrected chi connectivity index (χ1v) is 11.5. The van der Waals surface area contributed by atoms with Gasteiger partial charge in [0.05, 0.1) is 0 Å². The van der Waals surface area contributed by atoms with E-state index in [1.807, 2.05) is 12.1 Å². The van der Waals surface area contributed by atoms with Crippen molar-refractivity contribution in [2.45, 2.75) is 25.4 Å². The number of benzene rings is 2. The van der Waals surface area contributed by atoms with Crippen molar-refractivity contribution in [2.75, 3.05) is 25.5 Å². The molecule has 0 bridgehead atoms. The van der Waals surface area contributed by atoms with Crippen molar-refractivity contribution in [2.24, 2.45) is 0 Å². The molecule has 0 atom stereocenters. The number of anilines is 1. The van der Waals surface area contributed by atoms with Crippen molar-refractivity contribution in [3.05, 3.63) is 78.1 Å². The van der Waals surface area contributed by atoms with Gasteiger partial charge in [0.15, 0.2) is 5.58 Å². The fraction of sp³-hybridized carbons (Fsp3) is 0.269. The molecular weight excluding hydrogens is 430 g/mol. The second-order valence-corrected chi connectivity index (χ2v) is 8.39. The molecule has 8 nitrogen and oxygen atoms in total. The van der Waals surface area contributed by atoms with E-state index in [9.17, 15) is 4.79 Å². The Labute approximate surface area is 198 Å². The van der Waals surface area contributed by atoms with Gasteiger partial charge in [-0.15, -0.1) is 0 Å². The quantitative estimate of drug-likeness (QED) is 0.423. The van der Waals surface area contributed by atoms with Gasteiger partial charge >= 0.3 is 0 Å². The standard InChI is InChI=1S/C26H27N5O3/c1-27-25(32)23-15-21(9-12-28-23)33-20-7-8-22-24(16-20)34-26(30-22)29-19-10-13-31(14-11-19)17-18-5-3-2-4-6-18/h2-9,12,15-16,19H,10-11,13-14,17H2,1H3,(H,27,32)(H,29,30). The molecule has 1 aliphatic heterocycles. The molecule has 2 aromatic carbocycles. The van der Waals surface area contributed by atoms with Crippen LogP contribution < -0.4 is 15.4 Å². The van der Waals surface area contributed by atoms with E-state index >= 15 is 0 Å². The fourth-order valence-electron chi connectivity index (χ4n) is 4.14. The first-order valence-electron chi connectivity index (χ1n) is 11.5. The number of nitrogens with one attached hydrogen (secondary N) is 2. The van der Waals surface area contributed by atoms with Crippen molar-refractivity contribution in [1.29, 1.82) is 0 Å². The molecule has 1 amide bonds. The van der Waals surface area contributed by atoms with E-state index in [4.69, 9.17) is 9.15 Å². The van der Waals surface area contributed by atoms with Crippen LogP contribution in [0.3, 0.4) is 0 Å². The Balaban J connectivity index is 1.19. The summed E-state index contributed by atoms with van der Waals surface area (Å²) in [5.74, 6) is 0.851. The average molecular weight is 458 g/mol. The van der Waals surface area contributed by atoms with Crippen LogP contribution in [0.4, 0.5) is 6.01 Å². The smallest absolute Gasteiger partial charge is 0.295 e. The number of amides is 1. The highest BCUT2D eigenvalue weighted by Gasteiger charge is 2.21. The van der Waals surface area contributed by atoms with Crippen LogP contribution in [0.5, 0.6) is 11.5 Å². The molecule has 1 aliphatic rings. The van der Waals surface area contributed by atoms with E-state index in [1.165, 1.54) is 5.56 Å².